The number of hydrogen-bond acceptors (Lipinski definition) is 4. The summed E-state index contributed by atoms with van der Waals surface area (Å²) in [6.45, 7) is 13.6. The molecule has 0 spiro atoms. The lowest BCUT2D eigenvalue weighted by Crippen LogP contribution is -2.19. The standard InChI is InChI=1S/C17H30N2O2/c1-6-16-9-15(12-18-11-13(2)3)10-17(19-16)21-8-7-20-14(4)5/h9-10,13-14,18H,6-8,11-12H2,1-5H3. The molecule has 1 aromatic rings. The van der Waals surface area contributed by atoms with Gasteiger partial charge in [-0.15, -0.1) is 0 Å². The Labute approximate surface area is 129 Å². The second kappa shape index (κ2) is 9.74. The van der Waals surface area contributed by atoms with Crippen LogP contribution < -0.4 is 10.1 Å². The van der Waals surface area contributed by atoms with Crippen LogP contribution in [0.3, 0.4) is 0 Å². The lowest BCUT2D eigenvalue weighted by Gasteiger charge is -2.12. The Kier molecular flexibility index (Phi) is 8.31. The molecule has 0 saturated heterocycles. The quantitative estimate of drug-likeness (QED) is 0.673. The Bertz CT molecular complexity index is 406. The number of nitrogens with zero attached hydrogens (tertiary/aromatic N) is 1. The summed E-state index contributed by atoms with van der Waals surface area (Å²) in [7, 11) is 0. The van der Waals surface area contributed by atoms with E-state index in [0.717, 1.165) is 25.2 Å². The molecule has 0 saturated carbocycles. The van der Waals surface area contributed by atoms with E-state index >= 15 is 0 Å². The average molecular weight is 294 g/mol. The van der Waals surface area contributed by atoms with Gasteiger partial charge in [-0.25, -0.2) is 4.98 Å². The van der Waals surface area contributed by atoms with Gasteiger partial charge in [0.1, 0.15) is 6.61 Å². The zero-order chi connectivity index (χ0) is 15.7. The number of aromatic nitrogens is 1. The third-order valence-corrected chi connectivity index (χ3v) is 2.94. The van der Waals surface area contributed by atoms with Crippen LogP contribution in [0.4, 0.5) is 0 Å². The van der Waals surface area contributed by atoms with Crippen molar-refractivity contribution in [3.05, 3.63) is 23.4 Å². The highest BCUT2D eigenvalue weighted by Gasteiger charge is 2.04. The fourth-order valence-electron chi connectivity index (χ4n) is 1.91. The number of rotatable bonds is 10. The van der Waals surface area contributed by atoms with Gasteiger partial charge in [0.15, 0.2) is 0 Å². The highest BCUT2D eigenvalue weighted by molar-refractivity contribution is 5.25. The Morgan fingerprint density at radius 1 is 1.14 bits per heavy atom. The molecule has 0 aliphatic rings. The van der Waals surface area contributed by atoms with Crippen molar-refractivity contribution in [1.29, 1.82) is 0 Å². The third kappa shape index (κ3) is 8.02. The second-order valence-corrected chi connectivity index (χ2v) is 5.95. The summed E-state index contributed by atoms with van der Waals surface area (Å²) < 4.78 is 11.2. The van der Waals surface area contributed by atoms with Gasteiger partial charge < -0.3 is 14.8 Å². The fourth-order valence-corrected chi connectivity index (χ4v) is 1.91. The molecule has 0 fully saturated rings. The van der Waals surface area contributed by atoms with E-state index in [1.165, 1.54) is 5.56 Å². The minimum absolute atomic E-state index is 0.235. The molecule has 0 unspecified atom stereocenters. The van der Waals surface area contributed by atoms with Gasteiger partial charge in [0, 0.05) is 18.3 Å². The van der Waals surface area contributed by atoms with Crippen molar-refractivity contribution in [3.8, 4) is 5.88 Å². The van der Waals surface area contributed by atoms with E-state index < -0.39 is 0 Å². The van der Waals surface area contributed by atoms with Crippen molar-refractivity contribution in [2.75, 3.05) is 19.8 Å². The smallest absolute Gasteiger partial charge is 0.213 e. The molecule has 0 radical (unpaired) electrons. The largest absolute Gasteiger partial charge is 0.475 e. The Hall–Kier alpha value is -1.13. The molecule has 0 aromatic carbocycles. The first-order valence-electron chi connectivity index (χ1n) is 7.96. The molecule has 4 heteroatoms. The summed E-state index contributed by atoms with van der Waals surface area (Å²) in [6.07, 6.45) is 1.15. The fraction of sp³-hybridized carbons (Fsp3) is 0.706. The number of aryl methyl sites for hydroxylation is 1. The summed E-state index contributed by atoms with van der Waals surface area (Å²) >= 11 is 0. The summed E-state index contributed by atoms with van der Waals surface area (Å²) in [5.74, 6) is 1.35. The predicted octanol–water partition coefficient (Wildman–Crippen LogP) is 3.19. The molecule has 1 aromatic heterocycles. The average Bonchev–Trinajstić information content (AvgIpc) is 2.43. The number of hydrogen-bond donors (Lipinski definition) is 1. The maximum Gasteiger partial charge on any atom is 0.213 e. The van der Waals surface area contributed by atoms with Crippen molar-refractivity contribution in [1.82, 2.24) is 10.3 Å². The van der Waals surface area contributed by atoms with Gasteiger partial charge in [-0.3, -0.25) is 0 Å². The zero-order valence-electron chi connectivity index (χ0n) is 14.1. The van der Waals surface area contributed by atoms with Gasteiger partial charge in [0.2, 0.25) is 5.88 Å². The molecule has 0 aliphatic heterocycles. The monoisotopic (exact) mass is 294 g/mol. The van der Waals surface area contributed by atoms with Crippen molar-refractivity contribution in [2.24, 2.45) is 5.92 Å². The van der Waals surface area contributed by atoms with Crippen LogP contribution in [0, 0.1) is 5.92 Å². The predicted molar refractivity (Wildman–Crippen MR) is 86.7 cm³/mol. The minimum Gasteiger partial charge on any atom is -0.475 e. The van der Waals surface area contributed by atoms with Crippen LogP contribution in [0.25, 0.3) is 0 Å². The summed E-state index contributed by atoms with van der Waals surface area (Å²) in [5, 5.41) is 3.45. The van der Waals surface area contributed by atoms with Crippen LogP contribution in [0.5, 0.6) is 5.88 Å². The number of pyridine rings is 1. The van der Waals surface area contributed by atoms with Gasteiger partial charge in [0.05, 0.1) is 12.7 Å². The van der Waals surface area contributed by atoms with Crippen LogP contribution in [0.1, 0.15) is 45.9 Å². The number of ether oxygens (including phenoxy) is 2. The molecule has 0 atom stereocenters. The molecular formula is C17H30N2O2. The van der Waals surface area contributed by atoms with E-state index in [1.807, 2.05) is 19.9 Å². The topological polar surface area (TPSA) is 43.4 Å². The molecular weight excluding hydrogens is 264 g/mol. The van der Waals surface area contributed by atoms with Gasteiger partial charge in [-0.05, 0) is 44.4 Å². The first-order valence-corrected chi connectivity index (χ1v) is 7.96. The Morgan fingerprint density at radius 3 is 2.52 bits per heavy atom. The van der Waals surface area contributed by atoms with E-state index in [9.17, 15) is 0 Å². The SMILES string of the molecule is CCc1cc(CNCC(C)C)cc(OCCOC(C)C)n1. The van der Waals surface area contributed by atoms with Crippen molar-refractivity contribution in [2.45, 2.75) is 53.7 Å². The maximum absolute atomic E-state index is 5.70. The molecule has 0 bridgehead atoms. The first kappa shape index (κ1) is 17.9. The highest BCUT2D eigenvalue weighted by Crippen LogP contribution is 2.13. The Morgan fingerprint density at radius 2 is 1.90 bits per heavy atom. The number of nitrogens with one attached hydrogen (secondary N) is 1. The summed E-state index contributed by atoms with van der Waals surface area (Å²) in [4.78, 5) is 4.51. The molecule has 1 rings (SSSR count). The molecule has 0 amide bonds. The third-order valence-electron chi connectivity index (χ3n) is 2.94. The van der Waals surface area contributed by atoms with E-state index in [1.54, 1.807) is 0 Å². The molecule has 120 valence electrons. The van der Waals surface area contributed by atoms with Crippen molar-refractivity contribution >= 4 is 0 Å². The second-order valence-electron chi connectivity index (χ2n) is 5.95. The van der Waals surface area contributed by atoms with E-state index in [4.69, 9.17) is 9.47 Å². The summed E-state index contributed by atoms with van der Waals surface area (Å²) in [6, 6.07) is 4.16. The van der Waals surface area contributed by atoms with E-state index in [2.05, 4.69) is 37.1 Å². The van der Waals surface area contributed by atoms with E-state index in [0.29, 0.717) is 25.0 Å². The molecule has 1 heterocycles. The normalized spacial score (nSPS) is 11.4. The van der Waals surface area contributed by atoms with Crippen LogP contribution in [0.15, 0.2) is 12.1 Å². The van der Waals surface area contributed by atoms with Crippen LogP contribution in [0.2, 0.25) is 0 Å². The lowest BCUT2D eigenvalue weighted by molar-refractivity contribution is 0.0542. The van der Waals surface area contributed by atoms with E-state index in [-0.39, 0.29) is 6.10 Å². The highest BCUT2D eigenvalue weighted by atomic mass is 16.5. The molecule has 21 heavy (non-hydrogen) atoms. The van der Waals surface area contributed by atoms with Gasteiger partial charge >= 0.3 is 0 Å². The summed E-state index contributed by atoms with van der Waals surface area (Å²) in [5.41, 5.74) is 2.29. The Balaban J connectivity index is 2.53. The van der Waals surface area contributed by atoms with Crippen molar-refractivity contribution in [3.63, 3.8) is 0 Å². The molecule has 0 aliphatic carbocycles. The molecule has 4 nitrogen and oxygen atoms in total. The van der Waals surface area contributed by atoms with Crippen LogP contribution >= 0.6 is 0 Å². The van der Waals surface area contributed by atoms with Gasteiger partial charge in [0.25, 0.3) is 0 Å². The van der Waals surface area contributed by atoms with Crippen LogP contribution in [-0.2, 0) is 17.7 Å². The maximum atomic E-state index is 5.70. The van der Waals surface area contributed by atoms with Crippen LogP contribution in [-0.4, -0.2) is 30.8 Å². The van der Waals surface area contributed by atoms with Gasteiger partial charge in [-0.1, -0.05) is 20.8 Å². The van der Waals surface area contributed by atoms with Crippen molar-refractivity contribution < 1.29 is 9.47 Å². The first-order chi connectivity index (χ1) is 10.0. The minimum atomic E-state index is 0.235. The lowest BCUT2D eigenvalue weighted by atomic mass is 10.2. The van der Waals surface area contributed by atoms with Gasteiger partial charge in [-0.2, -0.15) is 0 Å². The zero-order valence-corrected chi connectivity index (χ0v) is 14.1. The molecule has 1 N–H and O–H groups in total.